The van der Waals surface area contributed by atoms with Crippen molar-refractivity contribution in [3.8, 4) is 0 Å². The van der Waals surface area contributed by atoms with Gasteiger partial charge in [-0.05, 0) is 50.3 Å². The molecule has 2 aromatic rings. The highest BCUT2D eigenvalue weighted by Crippen LogP contribution is 2.21. The number of hydrogen-bond acceptors (Lipinski definition) is 4. The Morgan fingerprint density at radius 1 is 1.15 bits per heavy atom. The molecule has 26 heavy (non-hydrogen) atoms. The van der Waals surface area contributed by atoms with Crippen LogP contribution in [0.25, 0.3) is 0 Å². The molecule has 0 saturated carbocycles. The second-order valence-corrected chi connectivity index (χ2v) is 7.29. The zero-order chi connectivity index (χ0) is 18.5. The Hall–Kier alpha value is -1.85. The molecular weight excluding hydrogens is 371 g/mol. The van der Waals surface area contributed by atoms with Crippen LogP contribution in [0.3, 0.4) is 0 Å². The smallest absolute Gasteiger partial charge is 0.272 e. The number of amides is 1. The Bertz CT molecular complexity index is 791. The Balaban J connectivity index is 1.64. The number of hydrogen-bond donors (Lipinski definition) is 1. The van der Waals surface area contributed by atoms with Crippen LogP contribution < -0.4 is 5.32 Å². The standard InChI is InChI=1S/C19H22Cl2N4O/c1-13-23-17(19(26)25-9-3-2-4-10-25)12-18(24-13)22-8-7-14-5-6-15(20)11-16(14)21/h5-6,11-12H,2-4,7-10H2,1H3,(H,22,23,24). The quantitative estimate of drug-likeness (QED) is 0.820. The second-order valence-electron chi connectivity index (χ2n) is 6.45. The zero-order valence-electron chi connectivity index (χ0n) is 14.8. The lowest BCUT2D eigenvalue weighted by Gasteiger charge is -2.26. The van der Waals surface area contributed by atoms with E-state index < -0.39 is 0 Å². The Morgan fingerprint density at radius 3 is 2.65 bits per heavy atom. The fourth-order valence-electron chi connectivity index (χ4n) is 3.08. The van der Waals surface area contributed by atoms with E-state index >= 15 is 0 Å². The van der Waals surface area contributed by atoms with Crippen LogP contribution in [0.1, 0.15) is 41.1 Å². The summed E-state index contributed by atoms with van der Waals surface area (Å²) in [6.07, 6.45) is 4.03. The number of benzene rings is 1. The predicted molar refractivity (Wildman–Crippen MR) is 105 cm³/mol. The van der Waals surface area contributed by atoms with Crippen molar-refractivity contribution in [1.82, 2.24) is 14.9 Å². The molecule has 1 aromatic carbocycles. The maximum Gasteiger partial charge on any atom is 0.272 e. The molecule has 1 aliphatic heterocycles. The first kappa shape index (κ1) is 18.9. The third kappa shape index (κ3) is 4.86. The van der Waals surface area contributed by atoms with Crippen LogP contribution in [0, 0.1) is 6.92 Å². The number of halogens is 2. The first-order valence-electron chi connectivity index (χ1n) is 8.86. The highest BCUT2D eigenvalue weighted by atomic mass is 35.5. The van der Waals surface area contributed by atoms with Crippen LogP contribution in [0.4, 0.5) is 5.82 Å². The van der Waals surface area contributed by atoms with E-state index in [1.807, 2.05) is 17.0 Å². The average Bonchev–Trinajstić information content (AvgIpc) is 2.63. The summed E-state index contributed by atoms with van der Waals surface area (Å²) in [6.45, 7) is 4.06. The Morgan fingerprint density at radius 2 is 1.92 bits per heavy atom. The molecule has 138 valence electrons. The topological polar surface area (TPSA) is 58.1 Å². The highest BCUT2D eigenvalue weighted by Gasteiger charge is 2.20. The van der Waals surface area contributed by atoms with E-state index in [1.165, 1.54) is 6.42 Å². The number of aryl methyl sites for hydroxylation is 1. The van der Waals surface area contributed by atoms with Crippen molar-refractivity contribution in [2.45, 2.75) is 32.6 Å². The van der Waals surface area contributed by atoms with Gasteiger partial charge in [0, 0.05) is 35.7 Å². The van der Waals surface area contributed by atoms with E-state index in [9.17, 15) is 4.79 Å². The normalized spacial score (nSPS) is 14.3. The predicted octanol–water partition coefficient (Wildman–Crippen LogP) is 4.37. The summed E-state index contributed by atoms with van der Waals surface area (Å²) >= 11 is 12.1. The van der Waals surface area contributed by atoms with E-state index in [4.69, 9.17) is 23.2 Å². The van der Waals surface area contributed by atoms with Crippen molar-refractivity contribution >= 4 is 34.9 Å². The molecular formula is C19H22Cl2N4O. The number of nitrogens with one attached hydrogen (secondary N) is 1. The number of anilines is 1. The number of rotatable bonds is 5. The number of likely N-dealkylation sites (tertiary alicyclic amines) is 1. The molecule has 3 rings (SSSR count). The third-order valence-corrected chi connectivity index (χ3v) is 5.00. The lowest BCUT2D eigenvalue weighted by Crippen LogP contribution is -2.36. The van der Waals surface area contributed by atoms with Crippen LogP contribution in [0.15, 0.2) is 24.3 Å². The summed E-state index contributed by atoms with van der Waals surface area (Å²) < 4.78 is 0. The SMILES string of the molecule is Cc1nc(NCCc2ccc(Cl)cc2Cl)cc(C(=O)N2CCCCC2)n1. The minimum atomic E-state index is -0.0148. The van der Waals surface area contributed by atoms with Crippen LogP contribution in [-0.2, 0) is 6.42 Å². The zero-order valence-corrected chi connectivity index (χ0v) is 16.3. The van der Waals surface area contributed by atoms with Crippen LogP contribution in [-0.4, -0.2) is 40.4 Å². The minimum Gasteiger partial charge on any atom is -0.370 e. The molecule has 2 heterocycles. The van der Waals surface area contributed by atoms with Gasteiger partial charge in [-0.3, -0.25) is 4.79 Å². The molecule has 0 radical (unpaired) electrons. The molecule has 1 fully saturated rings. The summed E-state index contributed by atoms with van der Waals surface area (Å²) in [7, 11) is 0. The van der Waals surface area contributed by atoms with Crippen LogP contribution in [0.5, 0.6) is 0 Å². The van der Waals surface area contributed by atoms with Gasteiger partial charge in [-0.25, -0.2) is 9.97 Å². The number of nitrogens with zero attached hydrogens (tertiary/aromatic N) is 3. The molecule has 1 aromatic heterocycles. The monoisotopic (exact) mass is 392 g/mol. The molecule has 0 unspecified atom stereocenters. The summed E-state index contributed by atoms with van der Waals surface area (Å²) in [6, 6.07) is 7.21. The number of carbonyl (C=O) groups is 1. The van der Waals surface area contributed by atoms with Gasteiger partial charge < -0.3 is 10.2 Å². The van der Waals surface area contributed by atoms with Gasteiger partial charge in [0.05, 0.1) is 0 Å². The number of piperidine rings is 1. The molecule has 1 N–H and O–H groups in total. The maximum absolute atomic E-state index is 12.7. The molecule has 1 saturated heterocycles. The molecule has 5 nitrogen and oxygen atoms in total. The number of carbonyl (C=O) groups excluding carboxylic acids is 1. The lowest BCUT2D eigenvalue weighted by molar-refractivity contribution is 0.0718. The maximum atomic E-state index is 12.7. The molecule has 0 spiro atoms. The van der Waals surface area contributed by atoms with Crippen molar-refractivity contribution < 1.29 is 4.79 Å². The van der Waals surface area contributed by atoms with Gasteiger partial charge in [0.15, 0.2) is 0 Å². The summed E-state index contributed by atoms with van der Waals surface area (Å²) in [4.78, 5) is 23.2. The van der Waals surface area contributed by atoms with Gasteiger partial charge in [0.1, 0.15) is 17.3 Å². The molecule has 0 bridgehead atoms. The fourth-order valence-corrected chi connectivity index (χ4v) is 3.58. The van der Waals surface area contributed by atoms with Gasteiger partial charge in [0.2, 0.25) is 0 Å². The van der Waals surface area contributed by atoms with Crippen molar-refractivity contribution in [1.29, 1.82) is 0 Å². The minimum absolute atomic E-state index is 0.0148. The van der Waals surface area contributed by atoms with Crippen molar-refractivity contribution in [2.75, 3.05) is 25.0 Å². The van der Waals surface area contributed by atoms with Crippen LogP contribution >= 0.6 is 23.2 Å². The lowest BCUT2D eigenvalue weighted by atomic mass is 10.1. The van der Waals surface area contributed by atoms with Gasteiger partial charge >= 0.3 is 0 Å². The fraction of sp³-hybridized carbons (Fsp3) is 0.421. The van der Waals surface area contributed by atoms with Gasteiger partial charge in [-0.15, -0.1) is 0 Å². The molecule has 1 aliphatic rings. The molecule has 7 heteroatoms. The average molecular weight is 393 g/mol. The second kappa shape index (κ2) is 8.69. The first-order chi connectivity index (χ1) is 12.5. The number of aromatic nitrogens is 2. The van der Waals surface area contributed by atoms with Crippen molar-refractivity contribution in [3.63, 3.8) is 0 Å². The highest BCUT2D eigenvalue weighted by molar-refractivity contribution is 6.35. The van der Waals surface area contributed by atoms with Gasteiger partial charge in [0.25, 0.3) is 5.91 Å². The molecule has 0 atom stereocenters. The van der Waals surface area contributed by atoms with E-state index in [0.717, 1.165) is 37.9 Å². The van der Waals surface area contributed by atoms with E-state index in [-0.39, 0.29) is 5.91 Å². The van der Waals surface area contributed by atoms with E-state index in [0.29, 0.717) is 33.9 Å². The van der Waals surface area contributed by atoms with Crippen LogP contribution in [0.2, 0.25) is 10.0 Å². The van der Waals surface area contributed by atoms with Gasteiger partial charge in [-0.2, -0.15) is 0 Å². The van der Waals surface area contributed by atoms with Crippen molar-refractivity contribution in [3.05, 3.63) is 51.4 Å². The van der Waals surface area contributed by atoms with E-state index in [2.05, 4.69) is 15.3 Å². The summed E-state index contributed by atoms with van der Waals surface area (Å²) in [5, 5.41) is 4.54. The Labute approximate surface area is 163 Å². The van der Waals surface area contributed by atoms with Crippen molar-refractivity contribution in [2.24, 2.45) is 0 Å². The van der Waals surface area contributed by atoms with Gasteiger partial charge in [-0.1, -0.05) is 29.3 Å². The summed E-state index contributed by atoms with van der Waals surface area (Å²) in [5.41, 5.74) is 1.46. The first-order valence-corrected chi connectivity index (χ1v) is 9.61. The molecule has 0 aliphatic carbocycles. The Kier molecular flexibility index (Phi) is 6.33. The molecule has 1 amide bonds. The summed E-state index contributed by atoms with van der Waals surface area (Å²) in [5.74, 6) is 1.22. The third-order valence-electron chi connectivity index (χ3n) is 4.42. The van der Waals surface area contributed by atoms with E-state index in [1.54, 1.807) is 19.1 Å². The largest absolute Gasteiger partial charge is 0.370 e.